The van der Waals surface area contributed by atoms with E-state index in [-0.39, 0.29) is 5.82 Å². The molecule has 0 aliphatic rings. The van der Waals surface area contributed by atoms with E-state index in [0.717, 1.165) is 13.0 Å². The minimum atomic E-state index is -0.175. The van der Waals surface area contributed by atoms with Crippen molar-refractivity contribution in [1.29, 1.82) is 0 Å². The van der Waals surface area contributed by atoms with Crippen LogP contribution in [0.1, 0.15) is 20.3 Å². The number of para-hydroxylation sites is 1. The summed E-state index contributed by atoms with van der Waals surface area (Å²) in [6.45, 7) is 5.14. The number of hydrogen-bond acceptors (Lipinski definition) is 1. The van der Waals surface area contributed by atoms with Crippen LogP contribution in [-0.2, 0) is 0 Å². The molecule has 2 heteroatoms. The maximum absolute atomic E-state index is 13.1. The lowest BCUT2D eigenvalue weighted by Crippen LogP contribution is -2.05. The SMILES string of the molecule is CC(C)CCNc1ccccc1F. The average Bonchev–Trinajstić information content (AvgIpc) is 2.08. The molecular weight excluding hydrogens is 165 g/mol. The molecule has 0 radical (unpaired) electrons. The lowest BCUT2D eigenvalue weighted by molar-refractivity contribution is 0.600. The number of hydrogen-bond donors (Lipinski definition) is 1. The molecule has 0 bridgehead atoms. The van der Waals surface area contributed by atoms with E-state index in [1.807, 2.05) is 6.07 Å². The van der Waals surface area contributed by atoms with Gasteiger partial charge in [0.05, 0.1) is 5.69 Å². The Hall–Kier alpha value is -1.05. The normalized spacial score (nSPS) is 10.5. The quantitative estimate of drug-likeness (QED) is 0.751. The second kappa shape index (κ2) is 4.85. The van der Waals surface area contributed by atoms with Crippen molar-refractivity contribution >= 4 is 5.69 Å². The Kier molecular flexibility index (Phi) is 3.74. The van der Waals surface area contributed by atoms with Gasteiger partial charge in [-0.15, -0.1) is 0 Å². The van der Waals surface area contributed by atoms with Gasteiger partial charge in [0, 0.05) is 6.54 Å². The fraction of sp³-hybridized carbons (Fsp3) is 0.455. The first-order valence-corrected chi connectivity index (χ1v) is 4.68. The minimum Gasteiger partial charge on any atom is -0.383 e. The van der Waals surface area contributed by atoms with Crippen LogP contribution in [-0.4, -0.2) is 6.54 Å². The van der Waals surface area contributed by atoms with Crippen LogP contribution in [0.3, 0.4) is 0 Å². The van der Waals surface area contributed by atoms with Gasteiger partial charge in [-0.1, -0.05) is 26.0 Å². The molecule has 0 spiro atoms. The van der Waals surface area contributed by atoms with Gasteiger partial charge in [0.2, 0.25) is 0 Å². The molecule has 0 aliphatic carbocycles. The zero-order valence-corrected chi connectivity index (χ0v) is 8.18. The monoisotopic (exact) mass is 181 g/mol. The highest BCUT2D eigenvalue weighted by atomic mass is 19.1. The molecule has 1 aromatic rings. The van der Waals surface area contributed by atoms with Gasteiger partial charge in [0.25, 0.3) is 0 Å². The van der Waals surface area contributed by atoms with Crippen molar-refractivity contribution in [3.63, 3.8) is 0 Å². The van der Waals surface area contributed by atoms with E-state index < -0.39 is 0 Å². The standard InChI is InChI=1S/C11H16FN/c1-9(2)7-8-13-11-6-4-3-5-10(11)12/h3-6,9,13H,7-8H2,1-2H3. The average molecular weight is 181 g/mol. The molecule has 72 valence electrons. The molecule has 0 aliphatic heterocycles. The van der Waals surface area contributed by atoms with Crippen LogP contribution in [0, 0.1) is 11.7 Å². The van der Waals surface area contributed by atoms with Crippen LogP contribution in [0.15, 0.2) is 24.3 Å². The molecule has 0 fully saturated rings. The highest BCUT2D eigenvalue weighted by molar-refractivity contribution is 5.44. The van der Waals surface area contributed by atoms with Crippen LogP contribution in [0.2, 0.25) is 0 Å². The van der Waals surface area contributed by atoms with Crippen molar-refractivity contribution < 1.29 is 4.39 Å². The van der Waals surface area contributed by atoms with Gasteiger partial charge in [-0.05, 0) is 24.5 Å². The third-order valence-electron chi connectivity index (χ3n) is 1.91. The molecule has 0 amide bonds. The highest BCUT2D eigenvalue weighted by Gasteiger charge is 1.99. The summed E-state index contributed by atoms with van der Waals surface area (Å²) in [7, 11) is 0. The van der Waals surface area contributed by atoms with E-state index >= 15 is 0 Å². The van der Waals surface area contributed by atoms with Crippen molar-refractivity contribution in [1.82, 2.24) is 0 Å². The Morgan fingerprint density at radius 1 is 1.31 bits per heavy atom. The van der Waals surface area contributed by atoms with Crippen LogP contribution in [0.25, 0.3) is 0 Å². The highest BCUT2D eigenvalue weighted by Crippen LogP contribution is 2.12. The largest absolute Gasteiger partial charge is 0.383 e. The van der Waals surface area contributed by atoms with E-state index in [1.165, 1.54) is 6.07 Å². The van der Waals surface area contributed by atoms with E-state index in [0.29, 0.717) is 11.6 Å². The molecule has 1 nitrogen and oxygen atoms in total. The van der Waals surface area contributed by atoms with Crippen LogP contribution in [0.5, 0.6) is 0 Å². The van der Waals surface area contributed by atoms with E-state index in [9.17, 15) is 4.39 Å². The van der Waals surface area contributed by atoms with Crippen LogP contribution >= 0.6 is 0 Å². The molecule has 0 saturated heterocycles. The second-order valence-electron chi connectivity index (χ2n) is 3.59. The van der Waals surface area contributed by atoms with Gasteiger partial charge in [0.1, 0.15) is 5.82 Å². The van der Waals surface area contributed by atoms with Gasteiger partial charge in [0.15, 0.2) is 0 Å². The third-order valence-corrected chi connectivity index (χ3v) is 1.91. The van der Waals surface area contributed by atoms with Gasteiger partial charge in [-0.25, -0.2) is 4.39 Å². The fourth-order valence-corrected chi connectivity index (χ4v) is 1.10. The Balaban J connectivity index is 2.41. The maximum atomic E-state index is 13.1. The first kappa shape index (κ1) is 10.0. The number of halogens is 1. The minimum absolute atomic E-state index is 0.175. The molecule has 0 saturated carbocycles. The van der Waals surface area contributed by atoms with Crippen LogP contribution in [0.4, 0.5) is 10.1 Å². The van der Waals surface area contributed by atoms with E-state index in [2.05, 4.69) is 19.2 Å². The zero-order chi connectivity index (χ0) is 9.68. The van der Waals surface area contributed by atoms with Crippen molar-refractivity contribution in [3.8, 4) is 0 Å². The number of nitrogens with one attached hydrogen (secondary N) is 1. The summed E-state index contributed by atoms with van der Waals surface area (Å²) in [5, 5.41) is 3.07. The summed E-state index contributed by atoms with van der Waals surface area (Å²) in [5.41, 5.74) is 0.600. The smallest absolute Gasteiger partial charge is 0.146 e. The summed E-state index contributed by atoms with van der Waals surface area (Å²) in [4.78, 5) is 0. The fourth-order valence-electron chi connectivity index (χ4n) is 1.10. The summed E-state index contributed by atoms with van der Waals surface area (Å²) in [6, 6.07) is 6.76. The van der Waals surface area contributed by atoms with Crippen molar-refractivity contribution in [3.05, 3.63) is 30.1 Å². The first-order valence-electron chi connectivity index (χ1n) is 4.68. The van der Waals surface area contributed by atoms with Gasteiger partial charge in [-0.3, -0.25) is 0 Å². The van der Waals surface area contributed by atoms with Crippen molar-refractivity contribution in [2.45, 2.75) is 20.3 Å². The summed E-state index contributed by atoms with van der Waals surface area (Å²) >= 11 is 0. The third kappa shape index (κ3) is 3.45. The van der Waals surface area contributed by atoms with Crippen LogP contribution < -0.4 is 5.32 Å². The second-order valence-corrected chi connectivity index (χ2v) is 3.59. The molecule has 1 aromatic carbocycles. The van der Waals surface area contributed by atoms with Gasteiger partial charge < -0.3 is 5.32 Å². The molecule has 0 atom stereocenters. The maximum Gasteiger partial charge on any atom is 0.146 e. The molecule has 1 rings (SSSR count). The Morgan fingerprint density at radius 2 is 2.00 bits per heavy atom. The van der Waals surface area contributed by atoms with Gasteiger partial charge in [-0.2, -0.15) is 0 Å². The predicted molar refractivity (Wildman–Crippen MR) is 54.3 cm³/mol. The van der Waals surface area contributed by atoms with E-state index in [4.69, 9.17) is 0 Å². The molecular formula is C11H16FN. The predicted octanol–water partition coefficient (Wildman–Crippen LogP) is 3.28. The Bertz CT molecular complexity index is 258. The van der Waals surface area contributed by atoms with Gasteiger partial charge >= 0.3 is 0 Å². The topological polar surface area (TPSA) is 12.0 Å². The molecule has 0 unspecified atom stereocenters. The summed E-state index contributed by atoms with van der Waals surface area (Å²) in [5.74, 6) is 0.477. The Morgan fingerprint density at radius 3 is 2.62 bits per heavy atom. The number of rotatable bonds is 4. The lowest BCUT2D eigenvalue weighted by Gasteiger charge is -2.08. The molecule has 0 heterocycles. The summed E-state index contributed by atoms with van der Waals surface area (Å²) in [6.07, 6.45) is 1.06. The first-order chi connectivity index (χ1) is 6.20. The zero-order valence-electron chi connectivity index (χ0n) is 8.18. The molecule has 0 aromatic heterocycles. The molecule has 1 N–H and O–H groups in total. The number of benzene rings is 1. The van der Waals surface area contributed by atoms with E-state index in [1.54, 1.807) is 12.1 Å². The lowest BCUT2D eigenvalue weighted by atomic mass is 10.1. The Labute approximate surface area is 79.0 Å². The summed E-state index contributed by atoms with van der Waals surface area (Å²) < 4.78 is 13.1. The van der Waals surface area contributed by atoms with Crippen molar-refractivity contribution in [2.24, 2.45) is 5.92 Å². The molecule has 13 heavy (non-hydrogen) atoms. The number of anilines is 1. The van der Waals surface area contributed by atoms with Crippen molar-refractivity contribution in [2.75, 3.05) is 11.9 Å².